The van der Waals surface area contributed by atoms with Gasteiger partial charge in [0.2, 0.25) is 5.91 Å². The van der Waals surface area contributed by atoms with Crippen molar-refractivity contribution in [3.05, 3.63) is 65.5 Å². The summed E-state index contributed by atoms with van der Waals surface area (Å²) in [5.74, 6) is -0.170. The lowest BCUT2D eigenvalue weighted by Gasteiger charge is -2.38. The van der Waals surface area contributed by atoms with Gasteiger partial charge in [0, 0.05) is 24.3 Å². The lowest BCUT2D eigenvalue weighted by Crippen LogP contribution is -2.55. The van der Waals surface area contributed by atoms with Crippen molar-refractivity contribution in [3.63, 3.8) is 0 Å². The van der Waals surface area contributed by atoms with E-state index in [1.54, 1.807) is 26.0 Å². The first-order valence-electron chi connectivity index (χ1n) is 10.1. The van der Waals surface area contributed by atoms with E-state index in [0.717, 1.165) is 0 Å². The van der Waals surface area contributed by atoms with E-state index in [-0.39, 0.29) is 5.56 Å². The van der Waals surface area contributed by atoms with Crippen molar-refractivity contribution in [1.29, 1.82) is 5.26 Å². The highest BCUT2D eigenvalue weighted by atomic mass is 19.1. The van der Waals surface area contributed by atoms with E-state index >= 15 is 0 Å². The molecular weight excluding hydrogens is 414 g/mol. The first kappa shape index (κ1) is 21.5. The van der Waals surface area contributed by atoms with Crippen LogP contribution in [0.15, 0.2) is 42.5 Å². The lowest BCUT2D eigenvalue weighted by atomic mass is 10.0. The van der Waals surface area contributed by atoms with Crippen molar-refractivity contribution in [2.24, 2.45) is 5.73 Å². The molecule has 164 valence electrons. The number of imidazole rings is 1. The van der Waals surface area contributed by atoms with Crippen molar-refractivity contribution in [2.45, 2.75) is 32.5 Å². The minimum absolute atomic E-state index is 0.0879. The van der Waals surface area contributed by atoms with Crippen molar-refractivity contribution in [1.82, 2.24) is 14.5 Å². The van der Waals surface area contributed by atoms with E-state index < -0.39 is 23.1 Å². The van der Waals surface area contributed by atoms with Crippen LogP contribution in [0.2, 0.25) is 0 Å². The zero-order chi connectivity index (χ0) is 23.0. The molecule has 2 heterocycles. The van der Waals surface area contributed by atoms with Gasteiger partial charge in [-0.05, 0) is 44.2 Å². The van der Waals surface area contributed by atoms with Crippen molar-refractivity contribution >= 4 is 17.4 Å². The van der Waals surface area contributed by atoms with E-state index in [4.69, 9.17) is 16.0 Å². The lowest BCUT2D eigenvalue weighted by molar-refractivity contribution is -0.129. The number of nitrogens with one attached hydrogen (secondary N) is 1. The molecule has 1 amide bonds. The Hall–Kier alpha value is -3.77. The number of nitrogens with two attached hydrogens (primary N) is 1. The van der Waals surface area contributed by atoms with Gasteiger partial charge >= 0.3 is 0 Å². The zero-order valence-corrected chi connectivity index (χ0v) is 17.7. The Morgan fingerprint density at radius 2 is 2.00 bits per heavy atom. The molecule has 0 aliphatic carbocycles. The molecule has 9 heteroatoms. The number of primary amides is 1. The van der Waals surface area contributed by atoms with Gasteiger partial charge in [-0.15, -0.1) is 0 Å². The van der Waals surface area contributed by atoms with Gasteiger partial charge in [-0.1, -0.05) is 12.1 Å². The highest BCUT2D eigenvalue weighted by Gasteiger charge is 2.36. The molecule has 0 bridgehead atoms. The summed E-state index contributed by atoms with van der Waals surface area (Å²) in [6.45, 7) is 4.95. The third-order valence-corrected chi connectivity index (χ3v) is 5.81. The number of aromatic nitrogens is 2. The molecule has 0 saturated carbocycles. The van der Waals surface area contributed by atoms with Crippen LogP contribution >= 0.6 is 0 Å². The summed E-state index contributed by atoms with van der Waals surface area (Å²) in [5.41, 5.74) is 6.23. The van der Waals surface area contributed by atoms with E-state index in [1.165, 1.54) is 30.3 Å². The molecule has 0 fully saturated rings. The molecular formula is C23H22F2N6O. The van der Waals surface area contributed by atoms with Crippen LogP contribution in [0.4, 0.5) is 20.3 Å². The predicted molar refractivity (Wildman–Crippen MR) is 116 cm³/mol. The maximum Gasteiger partial charge on any atom is 0.237 e. The molecule has 1 aliphatic heterocycles. The first-order valence-corrected chi connectivity index (χ1v) is 10.1. The van der Waals surface area contributed by atoms with Crippen LogP contribution < -0.4 is 11.1 Å². The molecule has 2 aromatic carbocycles. The van der Waals surface area contributed by atoms with E-state index in [2.05, 4.69) is 5.32 Å². The molecule has 4 rings (SSSR count). The number of halogens is 2. The monoisotopic (exact) mass is 436 g/mol. The minimum Gasteiger partial charge on any atom is -0.368 e. The molecule has 0 atom stereocenters. The number of rotatable bonds is 5. The number of hydrogen-bond acceptors (Lipinski definition) is 5. The number of nitriles is 1. The first-order chi connectivity index (χ1) is 15.2. The quantitative estimate of drug-likeness (QED) is 0.638. The third-order valence-electron chi connectivity index (χ3n) is 5.81. The highest BCUT2D eigenvalue weighted by molar-refractivity contribution is 5.83. The van der Waals surface area contributed by atoms with Crippen molar-refractivity contribution in [2.75, 3.05) is 11.9 Å². The second-order valence-corrected chi connectivity index (χ2v) is 8.16. The maximum atomic E-state index is 14.0. The fraction of sp³-hybridized carbons (Fsp3) is 0.261. The van der Waals surface area contributed by atoms with Crippen LogP contribution in [-0.2, 0) is 17.9 Å². The molecule has 0 saturated heterocycles. The number of carbonyl (C=O) groups excluding carboxylic acids is 1. The second-order valence-electron chi connectivity index (χ2n) is 8.16. The number of fused-ring (bicyclic) bond motifs is 1. The van der Waals surface area contributed by atoms with Gasteiger partial charge in [0.05, 0.1) is 17.6 Å². The maximum absolute atomic E-state index is 14.0. The Labute approximate surface area is 184 Å². The molecule has 7 nitrogen and oxygen atoms in total. The Balaban J connectivity index is 1.79. The number of amides is 1. The van der Waals surface area contributed by atoms with E-state index in [9.17, 15) is 13.6 Å². The summed E-state index contributed by atoms with van der Waals surface area (Å²) >= 11 is 0. The van der Waals surface area contributed by atoms with Crippen LogP contribution in [0.25, 0.3) is 11.3 Å². The number of nitrogens with zero attached hydrogens (tertiary/aromatic N) is 4. The number of benzene rings is 2. The standard InChI is InChI=1S/C23H22F2N6O/c1-23(2,22(27)32)30-8-9-31-19(13-30)29-20(14-4-3-5-16(24)10-14)21(31)28-17-6-7-18(25)15(11-17)12-26/h3-7,10-11,28H,8-9,13H2,1-2H3,(H2,27,32). The molecule has 32 heavy (non-hydrogen) atoms. The smallest absolute Gasteiger partial charge is 0.237 e. The molecule has 1 aromatic heterocycles. The summed E-state index contributed by atoms with van der Waals surface area (Å²) in [7, 11) is 0. The number of anilines is 2. The van der Waals surface area contributed by atoms with Gasteiger partial charge in [-0.2, -0.15) is 5.26 Å². The second kappa shape index (κ2) is 8.05. The van der Waals surface area contributed by atoms with E-state index in [1.807, 2.05) is 15.5 Å². The number of hydrogen-bond donors (Lipinski definition) is 2. The Morgan fingerprint density at radius 1 is 1.22 bits per heavy atom. The van der Waals surface area contributed by atoms with Crippen LogP contribution in [0, 0.1) is 23.0 Å². The Morgan fingerprint density at radius 3 is 2.69 bits per heavy atom. The van der Waals surface area contributed by atoms with Gasteiger partial charge in [0.25, 0.3) is 0 Å². The van der Waals surface area contributed by atoms with Crippen LogP contribution in [-0.4, -0.2) is 32.4 Å². The van der Waals surface area contributed by atoms with Crippen molar-refractivity contribution < 1.29 is 13.6 Å². The third kappa shape index (κ3) is 3.81. The largest absolute Gasteiger partial charge is 0.368 e. The van der Waals surface area contributed by atoms with Crippen molar-refractivity contribution in [3.8, 4) is 17.3 Å². The van der Waals surface area contributed by atoms with Gasteiger partial charge in [0.1, 0.15) is 35.0 Å². The average Bonchev–Trinajstić information content (AvgIpc) is 3.12. The topological polar surface area (TPSA) is 100.0 Å². The Kier molecular flexibility index (Phi) is 5.40. The van der Waals surface area contributed by atoms with Gasteiger partial charge in [-0.3, -0.25) is 9.69 Å². The molecule has 1 aliphatic rings. The predicted octanol–water partition coefficient (Wildman–Crippen LogP) is 3.52. The molecule has 0 radical (unpaired) electrons. The van der Waals surface area contributed by atoms with Crippen LogP contribution in [0.3, 0.4) is 0 Å². The summed E-state index contributed by atoms with van der Waals surface area (Å²) in [6.07, 6.45) is 0. The summed E-state index contributed by atoms with van der Waals surface area (Å²) in [6, 6.07) is 12.1. The normalized spacial score (nSPS) is 14.0. The number of carbonyl (C=O) groups is 1. The zero-order valence-electron chi connectivity index (χ0n) is 17.7. The minimum atomic E-state index is -0.859. The summed E-state index contributed by atoms with van der Waals surface area (Å²) in [4.78, 5) is 18.6. The average molecular weight is 436 g/mol. The fourth-order valence-electron chi connectivity index (χ4n) is 3.75. The summed E-state index contributed by atoms with van der Waals surface area (Å²) in [5, 5.41) is 12.4. The SMILES string of the molecule is CC(C)(C(N)=O)N1CCn2c(nc(-c3cccc(F)c3)c2Nc2ccc(F)c(C#N)c2)C1. The van der Waals surface area contributed by atoms with E-state index in [0.29, 0.717) is 48.2 Å². The van der Waals surface area contributed by atoms with Gasteiger partial charge in [-0.25, -0.2) is 13.8 Å². The molecule has 0 spiro atoms. The van der Waals surface area contributed by atoms with Gasteiger partial charge < -0.3 is 15.6 Å². The highest BCUT2D eigenvalue weighted by Crippen LogP contribution is 2.35. The Bertz CT molecular complexity index is 1240. The molecule has 3 aromatic rings. The summed E-state index contributed by atoms with van der Waals surface area (Å²) < 4.78 is 29.7. The molecule has 0 unspecified atom stereocenters. The van der Waals surface area contributed by atoms with Crippen LogP contribution in [0.1, 0.15) is 25.2 Å². The van der Waals surface area contributed by atoms with Gasteiger partial charge in [0.15, 0.2) is 0 Å². The van der Waals surface area contributed by atoms with Crippen LogP contribution in [0.5, 0.6) is 0 Å². The molecule has 3 N–H and O–H groups in total. The fourth-order valence-corrected chi connectivity index (χ4v) is 3.75.